The van der Waals surface area contributed by atoms with Crippen molar-refractivity contribution >= 4 is 11.3 Å². The Morgan fingerprint density at radius 1 is 1.16 bits per heavy atom. The Kier molecular flexibility index (Phi) is 4.32. The third kappa shape index (κ3) is 3.39. The standard InChI is InChI=1S/C15H21N3S/c1-15(2,3)12-8-6-5-7-11(12)14-18-17-13(19-14)9-10-16-4/h5-8,16H,9-10H2,1-4H3. The molecule has 0 fully saturated rings. The lowest BCUT2D eigenvalue weighted by Crippen LogP contribution is -2.12. The molecule has 1 aromatic carbocycles. The van der Waals surface area contributed by atoms with Gasteiger partial charge in [-0.25, -0.2) is 0 Å². The van der Waals surface area contributed by atoms with Crippen LogP contribution in [0.25, 0.3) is 10.6 Å². The van der Waals surface area contributed by atoms with Gasteiger partial charge in [-0.2, -0.15) is 0 Å². The Balaban J connectivity index is 2.34. The molecular formula is C15H21N3S. The molecule has 0 bridgehead atoms. The van der Waals surface area contributed by atoms with Crippen LogP contribution in [-0.2, 0) is 11.8 Å². The second-order valence-electron chi connectivity index (χ2n) is 5.65. The Labute approximate surface area is 119 Å². The van der Waals surface area contributed by atoms with Crippen molar-refractivity contribution < 1.29 is 0 Å². The average Bonchev–Trinajstić information content (AvgIpc) is 2.84. The van der Waals surface area contributed by atoms with Crippen molar-refractivity contribution in [2.75, 3.05) is 13.6 Å². The summed E-state index contributed by atoms with van der Waals surface area (Å²) in [5, 5.41) is 13.9. The number of aromatic nitrogens is 2. The third-order valence-corrected chi connectivity index (χ3v) is 4.04. The van der Waals surface area contributed by atoms with Crippen LogP contribution >= 0.6 is 11.3 Å². The lowest BCUT2D eigenvalue weighted by molar-refractivity contribution is 0.592. The van der Waals surface area contributed by atoms with Gasteiger partial charge < -0.3 is 5.32 Å². The van der Waals surface area contributed by atoms with Crippen LogP contribution in [0.2, 0.25) is 0 Å². The van der Waals surface area contributed by atoms with Crippen LogP contribution in [0, 0.1) is 0 Å². The van der Waals surface area contributed by atoms with Gasteiger partial charge >= 0.3 is 0 Å². The van der Waals surface area contributed by atoms with E-state index < -0.39 is 0 Å². The van der Waals surface area contributed by atoms with Gasteiger partial charge in [0.25, 0.3) is 0 Å². The molecule has 2 rings (SSSR count). The first-order valence-corrected chi connectivity index (χ1v) is 7.41. The van der Waals surface area contributed by atoms with Crippen molar-refractivity contribution in [3.05, 3.63) is 34.8 Å². The van der Waals surface area contributed by atoms with E-state index in [1.54, 1.807) is 11.3 Å². The third-order valence-electron chi connectivity index (χ3n) is 3.02. The molecule has 0 amide bonds. The number of rotatable bonds is 4. The minimum absolute atomic E-state index is 0.118. The Hall–Kier alpha value is -1.26. The first-order chi connectivity index (χ1) is 9.02. The Bertz CT molecular complexity index is 540. The van der Waals surface area contributed by atoms with Crippen molar-refractivity contribution in [1.29, 1.82) is 0 Å². The van der Waals surface area contributed by atoms with Gasteiger partial charge in [0, 0.05) is 18.5 Å². The van der Waals surface area contributed by atoms with Gasteiger partial charge in [-0.3, -0.25) is 0 Å². The molecule has 0 aliphatic rings. The topological polar surface area (TPSA) is 37.8 Å². The average molecular weight is 275 g/mol. The predicted molar refractivity (Wildman–Crippen MR) is 81.7 cm³/mol. The van der Waals surface area contributed by atoms with Crippen LogP contribution in [0.4, 0.5) is 0 Å². The quantitative estimate of drug-likeness (QED) is 0.930. The monoisotopic (exact) mass is 275 g/mol. The summed E-state index contributed by atoms with van der Waals surface area (Å²) in [6, 6.07) is 8.49. The molecule has 102 valence electrons. The van der Waals surface area contributed by atoms with E-state index in [1.165, 1.54) is 11.1 Å². The summed E-state index contributed by atoms with van der Waals surface area (Å²) in [4.78, 5) is 0. The number of benzene rings is 1. The molecule has 1 aromatic heterocycles. The smallest absolute Gasteiger partial charge is 0.148 e. The fraction of sp³-hybridized carbons (Fsp3) is 0.467. The van der Waals surface area contributed by atoms with Crippen LogP contribution in [0.5, 0.6) is 0 Å². The second kappa shape index (κ2) is 5.80. The van der Waals surface area contributed by atoms with Crippen molar-refractivity contribution in [3.8, 4) is 10.6 Å². The van der Waals surface area contributed by atoms with Crippen molar-refractivity contribution in [1.82, 2.24) is 15.5 Å². The zero-order chi connectivity index (χ0) is 13.9. The number of nitrogens with one attached hydrogen (secondary N) is 1. The fourth-order valence-corrected chi connectivity index (χ4v) is 2.90. The maximum atomic E-state index is 4.35. The minimum Gasteiger partial charge on any atom is -0.319 e. The van der Waals surface area contributed by atoms with E-state index in [-0.39, 0.29) is 5.41 Å². The molecule has 4 heteroatoms. The van der Waals surface area contributed by atoms with E-state index in [9.17, 15) is 0 Å². The van der Waals surface area contributed by atoms with Gasteiger partial charge in [-0.1, -0.05) is 56.4 Å². The molecular weight excluding hydrogens is 254 g/mol. The van der Waals surface area contributed by atoms with E-state index in [0.717, 1.165) is 23.0 Å². The van der Waals surface area contributed by atoms with Crippen LogP contribution in [0.3, 0.4) is 0 Å². The molecule has 0 unspecified atom stereocenters. The van der Waals surface area contributed by atoms with Gasteiger partial charge in [0.05, 0.1) is 0 Å². The summed E-state index contributed by atoms with van der Waals surface area (Å²) in [7, 11) is 1.96. The number of hydrogen-bond acceptors (Lipinski definition) is 4. The van der Waals surface area contributed by atoms with Gasteiger partial charge in [0.1, 0.15) is 10.0 Å². The highest BCUT2D eigenvalue weighted by Crippen LogP contribution is 2.34. The van der Waals surface area contributed by atoms with E-state index in [1.807, 2.05) is 7.05 Å². The van der Waals surface area contributed by atoms with Crippen molar-refractivity contribution in [3.63, 3.8) is 0 Å². The highest BCUT2D eigenvalue weighted by atomic mass is 32.1. The molecule has 0 saturated carbocycles. The van der Waals surface area contributed by atoms with Gasteiger partial charge in [-0.05, 0) is 18.0 Å². The van der Waals surface area contributed by atoms with E-state index in [4.69, 9.17) is 0 Å². The Morgan fingerprint density at radius 3 is 2.58 bits per heavy atom. The maximum Gasteiger partial charge on any atom is 0.148 e. The predicted octanol–water partition coefficient (Wildman–Crippen LogP) is 3.26. The maximum absolute atomic E-state index is 4.35. The van der Waals surface area contributed by atoms with Gasteiger partial charge in [-0.15, -0.1) is 10.2 Å². The summed E-state index contributed by atoms with van der Waals surface area (Å²) < 4.78 is 0. The summed E-state index contributed by atoms with van der Waals surface area (Å²) in [5.74, 6) is 0. The van der Waals surface area contributed by atoms with Crippen LogP contribution in [0.15, 0.2) is 24.3 Å². The largest absolute Gasteiger partial charge is 0.319 e. The highest BCUT2D eigenvalue weighted by molar-refractivity contribution is 7.14. The van der Waals surface area contributed by atoms with Crippen molar-refractivity contribution in [2.45, 2.75) is 32.6 Å². The van der Waals surface area contributed by atoms with E-state index in [2.05, 4.69) is 60.6 Å². The highest BCUT2D eigenvalue weighted by Gasteiger charge is 2.20. The van der Waals surface area contributed by atoms with Crippen LogP contribution < -0.4 is 5.32 Å². The first-order valence-electron chi connectivity index (χ1n) is 6.59. The lowest BCUT2D eigenvalue weighted by atomic mass is 9.84. The molecule has 0 atom stereocenters. The van der Waals surface area contributed by atoms with Crippen molar-refractivity contribution in [2.24, 2.45) is 0 Å². The summed E-state index contributed by atoms with van der Waals surface area (Å²) in [5.41, 5.74) is 2.66. The molecule has 0 aliphatic carbocycles. The first kappa shape index (κ1) is 14.2. The number of nitrogens with zero attached hydrogens (tertiary/aromatic N) is 2. The molecule has 0 aliphatic heterocycles. The van der Waals surface area contributed by atoms with E-state index >= 15 is 0 Å². The molecule has 0 saturated heterocycles. The molecule has 3 nitrogen and oxygen atoms in total. The lowest BCUT2D eigenvalue weighted by Gasteiger charge is -2.21. The zero-order valence-electron chi connectivity index (χ0n) is 12.0. The molecule has 19 heavy (non-hydrogen) atoms. The van der Waals surface area contributed by atoms with Crippen LogP contribution in [-0.4, -0.2) is 23.8 Å². The molecule has 0 spiro atoms. The Morgan fingerprint density at radius 2 is 1.89 bits per heavy atom. The van der Waals surface area contributed by atoms with E-state index in [0.29, 0.717) is 0 Å². The molecule has 2 aromatic rings. The summed E-state index contributed by atoms with van der Waals surface area (Å²) in [6.07, 6.45) is 0.936. The zero-order valence-corrected chi connectivity index (χ0v) is 12.8. The van der Waals surface area contributed by atoms with Gasteiger partial charge in [0.2, 0.25) is 0 Å². The fourth-order valence-electron chi connectivity index (χ4n) is 2.02. The minimum atomic E-state index is 0.118. The summed E-state index contributed by atoms with van der Waals surface area (Å²) >= 11 is 1.69. The normalized spacial score (nSPS) is 11.8. The molecule has 0 radical (unpaired) electrons. The summed E-state index contributed by atoms with van der Waals surface area (Å²) in [6.45, 7) is 7.63. The molecule has 1 heterocycles. The number of hydrogen-bond donors (Lipinski definition) is 1. The SMILES string of the molecule is CNCCc1nnc(-c2ccccc2C(C)(C)C)s1. The van der Waals surface area contributed by atoms with Gasteiger partial charge in [0.15, 0.2) is 0 Å². The number of likely N-dealkylation sites (N-methyl/N-ethyl adjacent to an activating group) is 1. The van der Waals surface area contributed by atoms with Crippen LogP contribution in [0.1, 0.15) is 31.3 Å². The second-order valence-corrected chi connectivity index (χ2v) is 6.71. The molecule has 1 N–H and O–H groups in total.